The predicted octanol–water partition coefficient (Wildman–Crippen LogP) is 6.22. The summed E-state index contributed by atoms with van der Waals surface area (Å²) in [4.78, 5) is 12.4. The van der Waals surface area contributed by atoms with E-state index in [2.05, 4.69) is 5.10 Å². The number of ether oxygens (including phenoxy) is 1. The van der Waals surface area contributed by atoms with Gasteiger partial charge in [0.05, 0.1) is 18.5 Å². The summed E-state index contributed by atoms with van der Waals surface area (Å²) in [7, 11) is 1.59. The maximum absolute atomic E-state index is 12.4. The molecule has 0 atom stereocenters. The predicted molar refractivity (Wildman–Crippen MR) is 118 cm³/mol. The number of halogens is 2. The maximum atomic E-state index is 12.4. The Morgan fingerprint density at radius 3 is 2.13 bits per heavy atom. The number of benzene rings is 3. The van der Waals surface area contributed by atoms with E-state index >= 15 is 0 Å². The van der Waals surface area contributed by atoms with Crippen LogP contribution in [0.5, 0.6) is 5.75 Å². The molecule has 5 nitrogen and oxygen atoms in total. The van der Waals surface area contributed by atoms with Crippen molar-refractivity contribution < 1.29 is 14.6 Å². The van der Waals surface area contributed by atoms with Crippen molar-refractivity contribution in [3.8, 4) is 34.0 Å². The van der Waals surface area contributed by atoms with E-state index in [1.54, 1.807) is 42.1 Å². The van der Waals surface area contributed by atoms with Crippen molar-refractivity contribution in [3.05, 3.63) is 88.4 Å². The lowest BCUT2D eigenvalue weighted by Gasteiger charge is -2.09. The topological polar surface area (TPSA) is 64.4 Å². The van der Waals surface area contributed by atoms with Crippen LogP contribution in [-0.4, -0.2) is 28.0 Å². The summed E-state index contributed by atoms with van der Waals surface area (Å²) in [5, 5.41) is 15.6. The van der Waals surface area contributed by atoms with Crippen LogP contribution in [0.3, 0.4) is 0 Å². The van der Waals surface area contributed by atoms with Crippen LogP contribution in [0.1, 0.15) is 10.4 Å². The first-order chi connectivity index (χ1) is 14.5. The summed E-state index contributed by atoms with van der Waals surface area (Å²) in [6, 6.07) is 21.4. The Morgan fingerprint density at radius 2 is 1.57 bits per heavy atom. The van der Waals surface area contributed by atoms with E-state index in [-0.39, 0.29) is 11.3 Å². The molecule has 0 fully saturated rings. The lowest BCUT2D eigenvalue weighted by molar-refractivity contribution is 0.0698. The lowest BCUT2D eigenvalue weighted by atomic mass is 10.0. The van der Waals surface area contributed by atoms with Gasteiger partial charge in [-0.3, -0.25) is 0 Å². The van der Waals surface area contributed by atoms with Gasteiger partial charge in [0.1, 0.15) is 17.0 Å². The molecule has 0 saturated heterocycles. The molecule has 1 N–H and O–H groups in total. The Hall–Kier alpha value is -3.28. The Morgan fingerprint density at radius 1 is 0.933 bits per heavy atom. The molecule has 30 heavy (non-hydrogen) atoms. The highest BCUT2D eigenvalue weighted by Gasteiger charge is 2.26. The zero-order valence-electron chi connectivity index (χ0n) is 15.8. The Kier molecular flexibility index (Phi) is 5.48. The van der Waals surface area contributed by atoms with E-state index in [1.807, 2.05) is 42.5 Å². The van der Waals surface area contributed by atoms with Crippen molar-refractivity contribution in [1.29, 1.82) is 0 Å². The minimum atomic E-state index is -1.10. The SMILES string of the molecule is COc1ccc(-n2nc(-c3cc(Cl)cc(Cl)c3)c(C(=O)O)c2-c2ccccc2)cc1. The molecule has 150 valence electrons. The highest BCUT2D eigenvalue weighted by atomic mass is 35.5. The number of methoxy groups -OCH3 is 1. The number of aromatic nitrogens is 2. The van der Waals surface area contributed by atoms with Crippen molar-refractivity contribution in [2.75, 3.05) is 7.11 Å². The third-order valence-electron chi connectivity index (χ3n) is 4.60. The molecule has 1 heterocycles. The molecule has 0 aliphatic rings. The molecule has 0 amide bonds. The van der Waals surface area contributed by atoms with Crippen molar-refractivity contribution >= 4 is 29.2 Å². The molecule has 0 radical (unpaired) electrons. The van der Waals surface area contributed by atoms with Crippen molar-refractivity contribution in [2.24, 2.45) is 0 Å². The highest BCUT2D eigenvalue weighted by Crippen LogP contribution is 2.36. The first kappa shape index (κ1) is 20.0. The van der Waals surface area contributed by atoms with E-state index in [0.29, 0.717) is 32.7 Å². The Balaban J connectivity index is 2.04. The Bertz CT molecular complexity index is 1200. The lowest BCUT2D eigenvalue weighted by Crippen LogP contribution is -2.03. The number of carboxylic acids is 1. The zero-order chi connectivity index (χ0) is 21.3. The van der Waals surface area contributed by atoms with Crippen LogP contribution in [0.25, 0.3) is 28.2 Å². The molecule has 0 aliphatic carbocycles. The average molecular weight is 439 g/mol. The molecule has 3 aromatic carbocycles. The van der Waals surface area contributed by atoms with Gasteiger partial charge in [0, 0.05) is 21.2 Å². The molecule has 7 heteroatoms. The van der Waals surface area contributed by atoms with Crippen LogP contribution >= 0.6 is 23.2 Å². The minimum Gasteiger partial charge on any atom is -0.497 e. The van der Waals surface area contributed by atoms with Gasteiger partial charge in [0.2, 0.25) is 0 Å². The second kappa shape index (κ2) is 8.22. The molecule has 0 aliphatic heterocycles. The Labute approximate surface area is 183 Å². The monoisotopic (exact) mass is 438 g/mol. The van der Waals surface area contributed by atoms with E-state index in [4.69, 9.17) is 27.9 Å². The summed E-state index contributed by atoms with van der Waals surface area (Å²) < 4.78 is 6.84. The molecular formula is C23H16Cl2N2O3. The van der Waals surface area contributed by atoms with Gasteiger partial charge in [0.15, 0.2) is 0 Å². The van der Waals surface area contributed by atoms with Crippen LogP contribution < -0.4 is 4.74 Å². The average Bonchev–Trinajstić information content (AvgIpc) is 3.15. The number of hydrogen-bond acceptors (Lipinski definition) is 3. The zero-order valence-corrected chi connectivity index (χ0v) is 17.4. The third kappa shape index (κ3) is 3.77. The number of hydrogen-bond donors (Lipinski definition) is 1. The molecule has 0 saturated carbocycles. The summed E-state index contributed by atoms with van der Waals surface area (Å²) in [6.45, 7) is 0. The van der Waals surface area contributed by atoms with E-state index in [1.165, 1.54) is 0 Å². The summed E-state index contributed by atoms with van der Waals surface area (Å²) in [6.07, 6.45) is 0. The standard InChI is InChI=1S/C23H16Cl2N2O3/c1-30-19-9-7-18(8-10-19)27-22(14-5-3-2-4-6-14)20(23(28)29)21(26-27)15-11-16(24)13-17(25)12-15/h2-13H,1H3,(H,28,29). The number of rotatable bonds is 5. The largest absolute Gasteiger partial charge is 0.497 e. The molecule has 0 spiro atoms. The fourth-order valence-corrected chi connectivity index (χ4v) is 3.81. The first-order valence-electron chi connectivity index (χ1n) is 9.00. The van der Waals surface area contributed by atoms with Gasteiger partial charge < -0.3 is 9.84 Å². The molecular weight excluding hydrogens is 423 g/mol. The van der Waals surface area contributed by atoms with Crippen molar-refractivity contribution in [2.45, 2.75) is 0 Å². The smallest absolute Gasteiger partial charge is 0.340 e. The summed E-state index contributed by atoms with van der Waals surface area (Å²) in [5.74, 6) is -0.410. The van der Waals surface area contributed by atoms with E-state index in [9.17, 15) is 9.90 Å². The van der Waals surface area contributed by atoms with Gasteiger partial charge in [-0.1, -0.05) is 53.5 Å². The summed E-state index contributed by atoms with van der Waals surface area (Å²) >= 11 is 12.3. The van der Waals surface area contributed by atoms with Crippen LogP contribution in [0.2, 0.25) is 10.0 Å². The van der Waals surface area contributed by atoms with Crippen LogP contribution in [0.15, 0.2) is 72.8 Å². The highest BCUT2D eigenvalue weighted by molar-refractivity contribution is 6.35. The van der Waals surface area contributed by atoms with Crippen LogP contribution in [0, 0.1) is 0 Å². The van der Waals surface area contributed by atoms with Gasteiger partial charge in [0.25, 0.3) is 0 Å². The van der Waals surface area contributed by atoms with Crippen LogP contribution in [-0.2, 0) is 0 Å². The summed E-state index contributed by atoms with van der Waals surface area (Å²) in [5.41, 5.74) is 2.74. The van der Waals surface area contributed by atoms with E-state index < -0.39 is 5.97 Å². The number of carbonyl (C=O) groups is 1. The third-order valence-corrected chi connectivity index (χ3v) is 5.04. The van der Waals surface area contributed by atoms with Gasteiger partial charge in [-0.25, -0.2) is 9.48 Å². The molecule has 0 unspecified atom stereocenters. The fourth-order valence-electron chi connectivity index (χ4n) is 3.29. The van der Waals surface area contributed by atoms with Crippen molar-refractivity contribution in [1.82, 2.24) is 9.78 Å². The fraction of sp³-hybridized carbons (Fsp3) is 0.0435. The van der Waals surface area contributed by atoms with Gasteiger partial charge in [-0.05, 0) is 42.5 Å². The second-order valence-electron chi connectivity index (χ2n) is 6.51. The number of aromatic carboxylic acids is 1. The van der Waals surface area contributed by atoms with E-state index in [0.717, 1.165) is 5.56 Å². The first-order valence-corrected chi connectivity index (χ1v) is 9.76. The minimum absolute atomic E-state index is 0.0651. The molecule has 0 bridgehead atoms. The van der Waals surface area contributed by atoms with Gasteiger partial charge in [-0.2, -0.15) is 5.10 Å². The van der Waals surface area contributed by atoms with Crippen LogP contribution in [0.4, 0.5) is 0 Å². The normalized spacial score (nSPS) is 10.8. The molecule has 4 aromatic rings. The molecule has 1 aromatic heterocycles. The van der Waals surface area contributed by atoms with Gasteiger partial charge in [-0.15, -0.1) is 0 Å². The second-order valence-corrected chi connectivity index (χ2v) is 7.38. The maximum Gasteiger partial charge on any atom is 0.340 e. The van der Waals surface area contributed by atoms with Crippen molar-refractivity contribution in [3.63, 3.8) is 0 Å². The quantitative estimate of drug-likeness (QED) is 0.401. The molecule has 4 rings (SSSR count). The number of nitrogens with zero attached hydrogens (tertiary/aromatic N) is 2. The van der Waals surface area contributed by atoms with Gasteiger partial charge >= 0.3 is 5.97 Å². The number of carboxylic acid groups (broad SMARTS) is 1.